The van der Waals surface area contributed by atoms with Crippen LogP contribution in [0.2, 0.25) is 5.02 Å². The smallest absolute Gasteiger partial charge is 0.259 e. The second-order valence-electron chi connectivity index (χ2n) is 6.26. The number of halogens is 1. The van der Waals surface area contributed by atoms with E-state index in [-0.39, 0.29) is 5.91 Å². The van der Waals surface area contributed by atoms with Crippen LogP contribution in [0.3, 0.4) is 0 Å². The number of likely N-dealkylation sites (N-methyl/N-ethyl adjacent to an activating group) is 1. The highest BCUT2D eigenvalue weighted by Gasteiger charge is 2.19. The lowest BCUT2D eigenvalue weighted by Gasteiger charge is -2.32. The molecule has 0 atom stereocenters. The van der Waals surface area contributed by atoms with Crippen LogP contribution >= 0.6 is 11.6 Å². The standard InChI is InChI=1S/C18H22ClN5O2/c1-12-14(11-20-18(21-12)24-8-6-23(2)7-9-24)17(25)22-15-10-13(19)4-5-16(15)26-3/h4-5,10-11H,6-9H2,1-3H3,(H,22,25). The first-order chi connectivity index (χ1) is 12.5. The summed E-state index contributed by atoms with van der Waals surface area (Å²) in [5.41, 5.74) is 1.56. The van der Waals surface area contributed by atoms with Crippen molar-refractivity contribution < 1.29 is 9.53 Å². The van der Waals surface area contributed by atoms with Gasteiger partial charge in [-0.3, -0.25) is 4.79 Å². The topological polar surface area (TPSA) is 70.6 Å². The molecule has 1 amide bonds. The van der Waals surface area contributed by atoms with Gasteiger partial charge in [0.2, 0.25) is 5.95 Å². The maximum atomic E-state index is 12.6. The monoisotopic (exact) mass is 375 g/mol. The summed E-state index contributed by atoms with van der Waals surface area (Å²) in [6.45, 7) is 5.51. The average Bonchev–Trinajstić information content (AvgIpc) is 2.62. The molecule has 0 aliphatic carbocycles. The van der Waals surface area contributed by atoms with Crippen molar-refractivity contribution in [3.05, 3.63) is 40.7 Å². The first-order valence-electron chi connectivity index (χ1n) is 8.40. The zero-order valence-corrected chi connectivity index (χ0v) is 15.9. The Balaban J connectivity index is 1.77. The summed E-state index contributed by atoms with van der Waals surface area (Å²) in [4.78, 5) is 25.9. The van der Waals surface area contributed by atoms with Crippen LogP contribution in [0, 0.1) is 6.92 Å². The van der Waals surface area contributed by atoms with Gasteiger partial charge in [0.15, 0.2) is 0 Å². The number of benzene rings is 1. The Bertz CT molecular complexity index is 806. The van der Waals surface area contributed by atoms with E-state index in [0.717, 1.165) is 26.2 Å². The Morgan fingerprint density at radius 3 is 2.65 bits per heavy atom. The summed E-state index contributed by atoms with van der Waals surface area (Å²) in [5.74, 6) is 0.899. The van der Waals surface area contributed by atoms with E-state index in [4.69, 9.17) is 16.3 Å². The number of aryl methyl sites for hydroxylation is 1. The number of carbonyl (C=O) groups is 1. The number of ether oxygens (including phenoxy) is 1. The minimum absolute atomic E-state index is 0.298. The molecule has 8 heteroatoms. The van der Waals surface area contributed by atoms with Crippen LogP contribution < -0.4 is 15.0 Å². The highest BCUT2D eigenvalue weighted by molar-refractivity contribution is 6.31. The molecular weight excluding hydrogens is 354 g/mol. The van der Waals surface area contributed by atoms with Crippen molar-refractivity contribution >= 4 is 29.1 Å². The molecule has 2 heterocycles. The lowest BCUT2D eigenvalue weighted by atomic mass is 10.2. The van der Waals surface area contributed by atoms with Gasteiger partial charge in [0.05, 0.1) is 24.1 Å². The van der Waals surface area contributed by atoms with Gasteiger partial charge in [-0.15, -0.1) is 0 Å². The van der Waals surface area contributed by atoms with Crippen molar-refractivity contribution in [2.45, 2.75) is 6.92 Å². The first kappa shape index (κ1) is 18.4. The number of aromatic nitrogens is 2. The van der Waals surface area contributed by atoms with Gasteiger partial charge in [-0.25, -0.2) is 9.97 Å². The molecule has 0 radical (unpaired) electrons. The fraction of sp³-hybridized carbons (Fsp3) is 0.389. The molecule has 1 aromatic carbocycles. The second kappa shape index (κ2) is 7.88. The molecule has 26 heavy (non-hydrogen) atoms. The van der Waals surface area contributed by atoms with Crippen LogP contribution in [-0.4, -0.2) is 61.1 Å². The third-order valence-corrected chi connectivity index (χ3v) is 4.64. The third kappa shape index (κ3) is 4.05. The normalized spacial score (nSPS) is 15.0. The maximum absolute atomic E-state index is 12.6. The Hall–Kier alpha value is -2.38. The number of hydrogen-bond donors (Lipinski definition) is 1. The van der Waals surface area contributed by atoms with E-state index in [9.17, 15) is 4.79 Å². The Morgan fingerprint density at radius 2 is 2.00 bits per heavy atom. The SMILES string of the molecule is COc1ccc(Cl)cc1NC(=O)c1cnc(N2CCN(C)CC2)nc1C. The fourth-order valence-electron chi connectivity index (χ4n) is 2.80. The molecule has 1 aliphatic rings. The highest BCUT2D eigenvalue weighted by Crippen LogP contribution is 2.28. The number of methoxy groups -OCH3 is 1. The molecule has 0 saturated carbocycles. The maximum Gasteiger partial charge on any atom is 0.259 e. The van der Waals surface area contributed by atoms with Gasteiger partial charge in [-0.05, 0) is 32.2 Å². The molecule has 1 N–H and O–H groups in total. The average molecular weight is 376 g/mol. The molecular formula is C18H22ClN5O2. The van der Waals surface area contributed by atoms with Crippen LogP contribution in [0.25, 0.3) is 0 Å². The number of nitrogens with zero attached hydrogens (tertiary/aromatic N) is 4. The Morgan fingerprint density at radius 1 is 1.27 bits per heavy atom. The van der Waals surface area contributed by atoms with Gasteiger partial charge < -0.3 is 19.9 Å². The van der Waals surface area contributed by atoms with Crippen molar-refractivity contribution in [2.24, 2.45) is 0 Å². The van der Waals surface area contributed by atoms with Gasteiger partial charge in [-0.1, -0.05) is 11.6 Å². The van der Waals surface area contributed by atoms with Gasteiger partial charge in [0, 0.05) is 37.4 Å². The Kier molecular flexibility index (Phi) is 5.58. The molecule has 138 valence electrons. The molecule has 1 fully saturated rings. The van der Waals surface area contributed by atoms with Gasteiger partial charge >= 0.3 is 0 Å². The highest BCUT2D eigenvalue weighted by atomic mass is 35.5. The zero-order valence-electron chi connectivity index (χ0n) is 15.1. The molecule has 1 aliphatic heterocycles. The molecule has 1 saturated heterocycles. The van der Waals surface area contributed by atoms with Crippen LogP contribution in [0.15, 0.2) is 24.4 Å². The largest absolute Gasteiger partial charge is 0.495 e. The molecule has 0 spiro atoms. The Labute approximate surface area is 157 Å². The number of nitrogens with one attached hydrogen (secondary N) is 1. The summed E-state index contributed by atoms with van der Waals surface area (Å²) >= 11 is 6.01. The summed E-state index contributed by atoms with van der Waals surface area (Å²) in [6.07, 6.45) is 1.57. The molecule has 1 aromatic heterocycles. The predicted molar refractivity (Wildman–Crippen MR) is 102 cm³/mol. The van der Waals surface area contributed by atoms with Crippen LogP contribution in [0.5, 0.6) is 5.75 Å². The predicted octanol–water partition coefficient (Wildman–Crippen LogP) is 2.45. The van der Waals surface area contributed by atoms with Crippen molar-refractivity contribution in [2.75, 3.05) is 50.6 Å². The van der Waals surface area contributed by atoms with E-state index < -0.39 is 0 Å². The van der Waals surface area contributed by atoms with Gasteiger partial charge in [0.1, 0.15) is 5.75 Å². The van der Waals surface area contributed by atoms with Crippen LogP contribution in [-0.2, 0) is 0 Å². The summed E-state index contributed by atoms with van der Waals surface area (Å²) < 4.78 is 5.26. The lowest BCUT2D eigenvalue weighted by Crippen LogP contribution is -2.45. The van der Waals surface area contributed by atoms with Crippen molar-refractivity contribution in [3.8, 4) is 5.75 Å². The minimum atomic E-state index is -0.298. The lowest BCUT2D eigenvalue weighted by molar-refractivity contribution is 0.102. The van der Waals surface area contributed by atoms with Crippen molar-refractivity contribution in [1.82, 2.24) is 14.9 Å². The number of carbonyl (C=O) groups excluding carboxylic acids is 1. The third-order valence-electron chi connectivity index (χ3n) is 4.41. The number of piperazine rings is 1. The first-order valence-corrected chi connectivity index (χ1v) is 8.77. The van der Waals surface area contributed by atoms with E-state index in [2.05, 4.69) is 32.1 Å². The molecule has 3 rings (SSSR count). The quantitative estimate of drug-likeness (QED) is 0.885. The number of hydrogen-bond acceptors (Lipinski definition) is 6. The molecule has 2 aromatic rings. The number of anilines is 2. The molecule has 0 unspecified atom stereocenters. The van der Waals surface area contributed by atoms with E-state index in [1.165, 1.54) is 7.11 Å². The van der Waals surface area contributed by atoms with Crippen LogP contribution in [0.1, 0.15) is 16.1 Å². The summed E-state index contributed by atoms with van der Waals surface area (Å²) in [5, 5.41) is 3.33. The molecule has 0 bridgehead atoms. The van der Waals surface area contributed by atoms with Crippen LogP contribution in [0.4, 0.5) is 11.6 Å². The van der Waals surface area contributed by atoms with E-state index in [0.29, 0.717) is 33.7 Å². The number of rotatable bonds is 4. The fourth-order valence-corrected chi connectivity index (χ4v) is 2.98. The van der Waals surface area contributed by atoms with E-state index >= 15 is 0 Å². The zero-order chi connectivity index (χ0) is 18.7. The summed E-state index contributed by atoms with van der Waals surface area (Å²) in [7, 11) is 3.64. The van der Waals surface area contributed by atoms with E-state index in [1.54, 1.807) is 24.4 Å². The van der Waals surface area contributed by atoms with Crippen molar-refractivity contribution in [3.63, 3.8) is 0 Å². The minimum Gasteiger partial charge on any atom is -0.495 e. The summed E-state index contributed by atoms with van der Waals surface area (Å²) in [6, 6.07) is 5.06. The van der Waals surface area contributed by atoms with Gasteiger partial charge in [-0.2, -0.15) is 0 Å². The van der Waals surface area contributed by atoms with E-state index in [1.807, 2.05) is 6.92 Å². The van der Waals surface area contributed by atoms with Gasteiger partial charge in [0.25, 0.3) is 5.91 Å². The van der Waals surface area contributed by atoms with Crippen molar-refractivity contribution in [1.29, 1.82) is 0 Å². The molecule has 7 nitrogen and oxygen atoms in total. The second-order valence-corrected chi connectivity index (χ2v) is 6.69. The number of amides is 1.